The van der Waals surface area contributed by atoms with Gasteiger partial charge in [-0.3, -0.25) is 5.43 Å². The second kappa shape index (κ2) is 2.43. The predicted octanol–water partition coefficient (Wildman–Crippen LogP) is -0.375. The molecule has 9 heavy (non-hydrogen) atoms. The summed E-state index contributed by atoms with van der Waals surface area (Å²) in [7, 11) is 0. The van der Waals surface area contributed by atoms with Crippen LogP contribution in [0.25, 0.3) is 0 Å². The minimum atomic E-state index is 0.333. The molecule has 0 aliphatic carbocycles. The molecule has 0 saturated heterocycles. The lowest BCUT2D eigenvalue weighted by atomic mass is 10.4. The van der Waals surface area contributed by atoms with Gasteiger partial charge in [0.05, 0.1) is 0 Å². The zero-order chi connectivity index (χ0) is 6.69. The molecule has 0 aromatic carbocycles. The third-order valence-corrected chi connectivity index (χ3v) is 0.723. The predicted molar refractivity (Wildman–Crippen MR) is 32.3 cm³/mol. The summed E-state index contributed by atoms with van der Waals surface area (Å²) in [6.45, 7) is 4.01. The minimum Gasteiger partial charge on any atom is -0.289 e. The average Bonchev–Trinajstić information content (AvgIpc) is 2.15. The van der Waals surface area contributed by atoms with Crippen molar-refractivity contribution in [2.45, 2.75) is 19.9 Å². The van der Waals surface area contributed by atoms with Gasteiger partial charge in [-0.25, -0.2) is 0 Å². The Hall–Kier alpha value is -1.13. The van der Waals surface area contributed by atoms with Gasteiger partial charge in [0.25, 0.3) is 0 Å². The van der Waals surface area contributed by atoms with Gasteiger partial charge in [0.15, 0.2) is 6.33 Å². The minimum absolute atomic E-state index is 0.333. The third-order valence-electron chi connectivity index (χ3n) is 0.723. The first-order valence-electron chi connectivity index (χ1n) is 2.78. The van der Waals surface area contributed by atoms with Crippen molar-refractivity contribution in [3.05, 3.63) is 6.33 Å². The Morgan fingerprint density at radius 3 is 2.78 bits per heavy atom. The normalized spacial score (nSPS) is 10.1. The Bertz CT molecular complexity index is 155. The molecule has 0 saturated carbocycles. The van der Waals surface area contributed by atoms with Gasteiger partial charge in [-0.15, -0.1) is 10.2 Å². The van der Waals surface area contributed by atoms with Gasteiger partial charge in [-0.1, -0.05) is 4.91 Å². The zero-order valence-corrected chi connectivity index (χ0v) is 5.44. The molecule has 0 spiro atoms. The molecule has 50 valence electrons. The molecule has 0 amide bonds. The maximum absolute atomic E-state index is 3.74. The van der Waals surface area contributed by atoms with Crippen molar-refractivity contribution in [2.75, 3.05) is 5.43 Å². The Balaban J connectivity index is 2.48. The smallest absolute Gasteiger partial charge is 0.164 e. The molecule has 0 bridgehead atoms. The second-order valence-corrected chi connectivity index (χ2v) is 2.01. The molecule has 5 heteroatoms. The van der Waals surface area contributed by atoms with Crippen LogP contribution in [-0.2, 0) is 0 Å². The average molecular weight is 127 g/mol. The fourth-order valence-electron chi connectivity index (χ4n) is 0.457. The number of nitrogens with zero attached hydrogens (tertiary/aromatic N) is 4. The highest BCUT2D eigenvalue weighted by Crippen LogP contribution is 1.76. The van der Waals surface area contributed by atoms with Crippen LogP contribution in [0, 0.1) is 0 Å². The lowest BCUT2D eigenvalue weighted by Gasteiger charge is -2.04. The van der Waals surface area contributed by atoms with Crippen LogP contribution in [0.1, 0.15) is 13.8 Å². The number of aromatic nitrogens is 4. The van der Waals surface area contributed by atoms with Gasteiger partial charge in [-0.2, -0.15) is 0 Å². The van der Waals surface area contributed by atoms with E-state index in [1.807, 2.05) is 13.8 Å². The molecule has 1 aromatic rings. The largest absolute Gasteiger partial charge is 0.289 e. The summed E-state index contributed by atoms with van der Waals surface area (Å²) in [6.07, 6.45) is 1.38. The molecular weight excluding hydrogens is 118 g/mol. The van der Waals surface area contributed by atoms with Crippen LogP contribution in [0.5, 0.6) is 0 Å². The van der Waals surface area contributed by atoms with Crippen molar-refractivity contribution in [2.24, 2.45) is 0 Å². The molecule has 0 aliphatic rings. The molecule has 0 radical (unpaired) electrons. The van der Waals surface area contributed by atoms with Gasteiger partial charge in [0.1, 0.15) is 0 Å². The summed E-state index contributed by atoms with van der Waals surface area (Å²) < 4.78 is 0. The lowest BCUT2D eigenvalue weighted by molar-refractivity contribution is 0.578. The van der Waals surface area contributed by atoms with Gasteiger partial charge in [0.2, 0.25) is 0 Å². The van der Waals surface area contributed by atoms with E-state index in [9.17, 15) is 0 Å². The first kappa shape index (κ1) is 6.00. The van der Waals surface area contributed by atoms with Crippen LogP contribution in [0.2, 0.25) is 0 Å². The van der Waals surface area contributed by atoms with Crippen molar-refractivity contribution < 1.29 is 0 Å². The van der Waals surface area contributed by atoms with Gasteiger partial charge >= 0.3 is 0 Å². The van der Waals surface area contributed by atoms with E-state index in [2.05, 4.69) is 20.8 Å². The number of hydrogen-bond acceptors (Lipinski definition) is 4. The first-order chi connectivity index (χ1) is 4.29. The Morgan fingerprint density at radius 1 is 1.56 bits per heavy atom. The van der Waals surface area contributed by atoms with Gasteiger partial charge < -0.3 is 0 Å². The van der Waals surface area contributed by atoms with Crippen LogP contribution in [-0.4, -0.2) is 26.4 Å². The summed E-state index contributed by atoms with van der Waals surface area (Å²) in [6, 6.07) is 0.333. The molecule has 0 unspecified atom stereocenters. The Labute approximate surface area is 53.0 Å². The summed E-state index contributed by atoms with van der Waals surface area (Å²) in [5.41, 5.74) is 2.92. The molecular formula is C4H9N5. The maximum atomic E-state index is 3.74. The number of tetrazole rings is 1. The molecule has 0 atom stereocenters. The number of hydrogen-bond donors (Lipinski definition) is 1. The van der Waals surface area contributed by atoms with E-state index in [0.29, 0.717) is 6.04 Å². The quantitative estimate of drug-likeness (QED) is 0.588. The fourth-order valence-corrected chi connectivity index (χ4v) is 0.457. The molecule has 1 N–H and O–H groups in total. The molecule has 1 aromatic heterocycles. The monoisotopic (exact) mass is 127 g/mol. The Morgan fingerprint density at radius 2 is 2.33 bits per heavy atom. The zero-order valence-electron chi connectivity index (χ0n) is 5.44. The standard InChI is InChI=1S/C4H9N5/c1-4(2)7-9-6-3-5-8-9/h3-4,7H,1-2H3. The number of rotatable bonds is 2. The molecule has 0 aliphatic heterocycles. The lowest BCUT2D eigenvalue weighted by Crippen LogP contribution is -2.24. The first-order valence-corrected chi connectivity index (χ1v) is 2.78. The van der Waals surface area contributed by atoms with E-state index in [-0.39, 0.29) is 0 Å². The highest BCUT2D eigenvalue weighted by atomic mass is 15.7. The van der Waals surface area contributed by atoms with Crippen LogP contribution in [0.3, 0.4) is 0 Å². The van der Waals surface area contributed by atoms with E-state index in [1.54, 1.807) is 0 Å². The van der Waals surface area contributed by atoms with E-state index in [0.717, 1.165) is 0 Å². The van der Waals surface area contributed by atoms with E-state index in [4.69, 9.17) is 0 Å². The summed E-state index contributed by atoms with van der Waals surface area (Å²) in [5, 5.41) is 10.9. The summed E-state index contributed by atoms with van der Waals surface area (Å²) in [4.78, 5) is 1.34. The molecule has 1 rings (SSSR count). The van der Waals surface area contributed by atoms with Crippen molar-refractivity contribution in [1.29, 1.82) is 0 Å². The van der Waals surface area contributed by atoms with Crippen LogP contribution in [0.15, 0.2) is 6.33 Å². The molecule has 0 fully saturated rings. The fraction of sp³-hybridized carbons (Fsp3) is 0.750. The van der Waals surface area contributed by atoms with Crippen LogP contribution in [0.4, 0.5) is 0 Å². The SMILES string of the molecule is CC(C)Nn1ncnn1. The maximum Gasteiger partial charge on any atom is 0.164 e. The van der Waals surface area contributed by atoms with Crippen molar-refractivity contribution in [1.82, 2.24) is 20.3 Å². The van der Waals surface area contributed by atoms with E-state index >= 15 is 0 Å². The van der Waals surface area contributed by atoms with Crippen molar-refractivity contribution in [3.8, 4) is 0 Å². The molecule has 5 nitrogen and oxygen atoms in total. The van der Waals surface area contributed by atoms with Crippen molar-refractivity contribution >= 4 is 0 Å². The van der Waals surface area contributed by atoms with E-state index in [1.165, 1.54) is 11.2 Å². The summed E-state index contributed by atoms with van der Waals surface area (Å²) in [5.74, 6) is 0. The van der Waals surface area contributed by atoms with Crippen LogP contribution < -0.4 is 5.43 Å². The Kier molecular flexibility index (Phi) is 1.62. The van der Waals surface area contributed by atoms with Crippen molar-refractivity contribution in [3.63, 3.8) is 0 Å². The van der Waals surface area contributed by atoms with Gasteiger partial charge in [-0.05, 0) is 19.1 Å². The second-order valence-electron chi connectivity index (χ2n) is 2.01. The topological polar surface area (TPSA) is 55.6 Å². The van der Waals surface area contributed by atoms with E-state index < -0.39 is 0 Å². The van der Waals surface area contributed by atoms with Crippen LogP contribution >= 0.6 is 0 Å². The highest BCUT2D eigenvalue weighted by molar-refractivity contribution is 4.64. The number of nitrogens with one attached hydrogen (secondary N) is 1. The van der Waals surface area contributed by atoms with Gasteiger partial charge in [0, 0.05) is 6.04 Å². The third kappa shape index (κ3) is 1.67. The molecule has 1 heterocycles. The highest BCUT2D eigenvalue weighted by Gasteiger charge is 1.91. The summed E-state index contributed by atoms with van der Waals surface area (Å²) >= 11 is 0.